The number of carbonyl (C=O) groups is 1. The Kier molecular flexibility index (Phi) is 6.23. The highest BCUT2D eigenvalue weighted by molar-refractivity contribution is 5.99. The van der Waals surface area contributed by atoms with Crippen LogP contribution in [0.2, 0.25) is 0 Å². The Hall–Kier alpha value is -4.13. The molecule has 0 saturated carbocycles. The second-order valence-electron chi connectivity index (χ2n) is 8.48. The maximum Gasteiger partial charge on any atom is 0.291 e. The van der Waals surface area contributed by atoms with Crippen LogP contribution in [0.3, 0.4) is 0 Å². The molecule has 2 aromatic carbocycles. The van der Waals surface area contributed by atoms with Gasteiger partial charge in [0.25, 0.3) is 5.91 Å². The molecule has 7 heteroatoms. The third-order valence-corrected chi connectivity index (χ3v) is 6.21. The average molecular weight is 471 g/mol. The smallest absolute Gasteiger partial charge is 0.291 e. The van der Waals surface area contributed by atoms with E-state index in [1.54, 1.807) is 48.7 Å². The van der Waals surface area contributed by atoms with Gasteiger partial charge in [-0.2, -0.15) is 0 Å². The number of fused-ring (bicyclic) bond motifs is 2. The minimum Gasteiger partial charge on any atom is -0.493 e. The molecule has 0 radical (unpaired) electrons. The zero-order valence-corrected chi connectivity index (χ0v) is 19.7. The molecule has 35 heavy (non-hydrogen) atoms. The average Bonchev–Trinajstić information content (AvgIpc) is 3.16. The molecule has 1 atom stereocenters. The molecule has 1 aliphatic heterocycles. The van der Waals surface area contributed by atoms with Crippen molar-refractivity contribution in [1.82, 2.24) is 9.88 Å². The van der Waals surface area contributed by atoms with Gasteiger partial charge in [-0.15, -0.1) is 0 Å². The van der Waals surface area contributed by atoms with Crippen molar-refractivity contribution in [2.75, 3.05) is 13.7 Å². The van der Waals surface area contributed by atoms with Crippen molar-refractivity contribution in [3.63, 3.8) is 0 Å². The lowest BCUT2D eigenvalue weighted by atomic mass is 9.98. The summed E-state index contributed by atoms with van der Waals surface area (Å²) < 4.78 is 17.5. The summed E-state index contributed by atoms with van der Waals surface area (Å²) in [4.78, 5) is 33.1. The summed E-state index contributed by atoms with van der Waals surface area (Å²) in [5, 5.41) is 0.443. The molecular weight excluding hydrogens is 444 g/mol. The highest BCUT2D eigenvalue weighted by Gasteiger charge is 2.43. The number of rotatable bonds is 8. The highest BCUT2D eigenvalue weighted by Crippen LogP contribution is 2.41. The number of hydrogen-bond acceptors (Lipinski definition) is 6. The van der Waals surface area contributed by atoms with E-state index in [-0.39, 0.29) is 23.6 Å². The molecule has 0 fully saturated rings. The molecule has 2 aromatic heterocycles. The lowest BCUT2D eigenvalue weighted by Crippen LogP contribution is -2.29. The quantitative estimate of drug-likeness (QED) is 0.333. The van der Waals surface area contributed by atoms with Gasteiger partial charge in [0.2, 0.25) is 5.76 Å². The Bertz CT molecular complexity index is 1430. The van der Waals surface area contributed by atoms with Crippen molar-refractivity contribution in [3.8, 4) is 11.5 Å². The fourth-order valence-electron chi connectivity index (χ4n) is 4.47. The fourth-order valence-corrected chi connectivity index (χ4v) is 4.47. The van der Waals surface area contributed by atoms with Crippen LogP contribution in [0.1, 0.15) is 53.1 Å². The molecule has 3 heterocycles. The number of benzene rings is 2. The van der Waals surface area contributed by atoms with Crippen LogP contribution in [0.15, 0.2) is 76.2 Å². The van der Waals surface area contributed by atoms with E-state index in [2.05, 4.69) is 11.9 Å². The number of nitrogens with zero attached hydrogens (tertiary/aromatic N) is 2. The standard InChI is InChI=1S/C28H26N2O5/c1-3-4-14-34-22-12-11-19(15-23(22)33-2)25-24-26(31)20-9-5-6-10-21(20)35-27(24)28(32)30(25)17-18-8-7-13-29-16-18/h5-13,15-16,25H,3-4,14,17H2,1-2H3. The summed E-state index contributed by atoms with van der Waals surface area (Å²) in [7, 11) is 1.58. The molecule has 1 unspecified atom stereocenters. The monoisotopic (exact) mass is 470 g/mol. The first-order valence-corrected chi connectivity index (χ1v) is 11.7. The van der Waals surface area contributed by atoms with Crippen LogP contribution in [-0.4, -0.2) is 29.5 Å². The van der Waals surface area contributed by atoms with E-state index < -0.39 is 6.04 Å². The molecule has 0 aliphatic carbocycles. The molecule has 5 rings (SSSR count). The zero-order valence-electron chi connectivity index (χ0n) is 19.7. The molecular formula is C28H26N2O5. The first kappa shape index (κ1) is 22.7. The minimum absolute atomic E-state index is 0.0739. The Balaban J connectivity index is 1.65. The van der Waals surface area contributed by atoms with Crippen LogP contribution < -0.4 is 14.9 Å². The third kappa shape index (κ3) is 4.14. The fraction of sp³-hybridized carbons (Fsp3) is 0.250. The summed E-state index contributed by atoms with van der Waals surface area (Å²) in [5.74, 6) is 0.911. The largest absolute Gasteiger partial charge is 0.493 e. The third-order valence-electron chi connectivity index (χ3n) is 6.21. The Morgan fingerprint density at radius 1 is 1.06 bits per heavy atom. The molecule has 0 N–H and O–H groups in total. The summed E-state index contributed by atoms with van der Waals surface area (Å²) in [6.07, 6.45) is 5.35. The van der Waals surface area contributed by atoms with Gasteiger partial charge in [0.05, 0.1) is 30.7 Å². The molecule has 7 nitrogen and oxygen atoms in total. The van der Waals surface area contributed by atoms with E-state index in [4.69, 9.17) is 13.9 Å². The van der Waals surface area contributed by atoms with Gasteiger partial charge in [0, 0.05) is 18.9 Å². The van der Waals surface area contributed by atoms with E-state index in [9.17, 15) is 9.59 Å². The maximum atomic E-state index is 13.6. The van der Waals surface area contributed by atoms with Crippen molar-refractivity contribution < 1.29 is 18.7 Å². The lowest BCUT2D eigenvalue weighted by molar-refractivity contribution is 0.0714. The van der Waals surface area contributed by atoms with Crippen molar-refractivity contribution in [2.45, 2.75) is 32.4 Å². The number of methoxy groups -OCH3 is 1. The SMILES string of the molecule is CCCCOc1ccc(C2c3c(oc4ccccc4c3=O)C(=O)N2Cc2cccnc2)cc1OC. The lowest BCUT2D eigenvalue weighted by Gasteiger charge is -2.26. The second-order valence-corrected chi connectivity index (χ2v) is 8.48. The van der Waals surface area contributed by atoms with E-state index in [0.29, 0.717) is 34.6 Å². The van der Waals surface area contributed by atoms with Gasteiger partial charge in [-0.3, -0.25) is 14.6 Å². The van der Waals surface area contributed by atoms with Gasteiger partial charge in [-0.1, -0.05) is 37.6 Å². The van der Waals surface area contributed by atoms with Crippen LogP contribution in [0.25, 0.3) is 11.0 Å². The molecule has 0 bridgehead atoms. The van der Waals surface area contributed by atoms with E-state index in [1.807, 2.05) is 30.3 Å². The maximum absolute atomic E-state index is 13.6. The first-order chi connectivity index (χ1) is 17.1. The van der Waals surface area contributed by atoms with E-state index in [1.165, 1.54) is 0 Å². The van der Waals surface area contributed by atoms with Gasteiger partial charge in [-0.05, 0) is 47.9 Å². The number of aromatic nitrogens is 1. The number of ether oxygens (including phenoxy) is 2. The summed E-state index contributed by atoms with van der Waals surface area (Å²) in [6.45, 7) is 2.96. The topological polar surface area (TPSA) is 81.9 Å². The number of unbranched alkanes of at least 4 members (excludes halogenated alkanes) is 1. The van der Waals surface area contributed by atoms with Crippen molar-refractivity contribution >= 4 is 16.9 Å². The number of carbonyl (C=O) groups excluding carboxylic acids is 1. The van der Waals surface area contributed by atoms with Crippen LogP contribution in [0.5, 0.6) is 11.5 Å². The van der Waals surface area contributed by atoms with Crippen molar-refractivity contribution in [2.24, 2.45) is 0 Å². The van der Waals surface area contributed by atoms with Gasteiger partial charge >= 0.3 is 0 Å². The Morgan fingerprint density at radius 2 is 1.91 bits per heavy atom. The second kappa shape index (κ2) is 9.62. The van der Waals surface area contributed by atoms with E-state index >= 15 is 0 Å². The molecule has 0 spiro atoms. The van der Waals surface area contributed by atoms with Crippen LogP contribution in [-0.2, 0) is 6.54 Å². The number of amides is 1. The highest BCUT2D eigenvalue weighted by atomic mass is 16.5. The number of para-hydroxylation sites is 1. The normalized spacial score (nSPS) is 14.9. The molecule has 0 saturated heterocycles. The number of hydrogen-bond donors (Lipinski definition) is 0. The molecule has 4 aromatic rings. The van der Waals surface area contributed by atoms with Crippen LogP contribution in [0.4, 0.5) is 0 Å². The van der Waals surface area contributed by atoms with Gasteiger partial charge < -0.3 is 18.8 Å². The Labute approximate surface area is 202 Å². The Morgan fingerprint density at radius 3 is 2.69 bits per heavy atom. The van der Waals surface area contributed by atoms with Gasteiger partial charge in [0.1, 0.15) is 5.58 Å². The predicted molar refractivity (Wildman–Crippen MR) is 132 cm³/mol. The summed E-state index contributed by atoms with van der Waals surface area (Å²) in [6, 6.07) is 15.6. The number of pyridine rings is 1. The first-order valence-electron chi connectivity index (χ1n) is 11.7. The van der Waals surface area contributed by atoms with Crippen molar-refractivity contribution in [3.05, 3.63) is 99.7 Å². The van der Waals surface area contributed by atoms with Crippen LogP contribution >= 0.6 is 0 Å². The van der Waals surface area contributed by atoms with Crippen molar-refractivity contribution in [1.29, 1.82) is 0 Å². The summed E-state index contributed by atoms with van der Waals surface area (Å²) in [5.41, 5.74) is 2.10. The summed E-state index contributed by atoms with van der Waals surface area (Å²) >= 11 is 0. The van der Waals surface area contributed by atoms with Gasteiger partial charge in [0.15, 0.2) is 16.9 Å². The van der Waals surface area contributed by atoms with Crippen LogP contribution in [0, 0.1) is 0 Å². The minimum atomic E-state index is -0.642. The predicted octanol–water partition coefficient (Wildman–Crippen LogP) is 5.12. The van der Waals surface area contributed by atoms with Gasteiger partial charge in [-0.25, -0.2) is 0 Å². The van der Waals surface area contributed by atoms with E-state index in [0.717, 1.165) is 24.0 Å². The molecule has 178 valence electrons. The molecule has 1 amide bonds. The molecule has 1 aliphatic rings. The zero-order chi connectivity index (χ0) is 24.4.